The molecule has 0 radical (unpaired) electrons. The molecule has 1 aliphatic rings. The standard InChI is InChI=1S/C17H15NO5/c1-2-22-11-7-5-10(6-8-11)14-13(16(20)17(21)18-14)15(19)12-4-3-9-23-12/h3-9,14,20H,2H2,1H3,(H,18,21)/t14-/m0/s1. The zero-order chi connectivity index (χ0) is 16.4. The van der Waals surface area contributed by atoms with Crippen molar-refractivity contribution in [3.8, 4) is 5.75 Å². The first-order valence-corrected chi connectivity index (χ1v) is 7.16. The van der Waals surface area contributed by atoms with Crippen LogP contribution in [-0.2, 0) is 4.79 Å². The summed E-state index contributed by atoms with van der Waals surface area (Å²) in [6, 6.07) is 9.30. The first kappa shape index (κ1) is 14.9. The van der Waals surface area contributed by atoms with Gasteiger partial charge >= 0.3 is 0 Å². The van der Waals surface area contributed by atoms with Crippen molar-refractivity contribution in [2.24, 2.45) is 0 Å². The van der Waals surface area contributed by atoms with Crippen LogP contribution in [-0.4, -0.2) is 23.4 Å². The second kappa shape index (κ2) is 6.00. The van der Waals surface area contributed by atoms with Crippen LogP contribution in [0.15, 0.2) is 58.4 Å². The Kier molecular flexibility index (Phi) is 3.89. The number of nitrogens with one attached hydrogen (secondary N) is 1. The van der Waals surface area contributed by atoms with E-state index in [0.717, 1.165) is 0 Å². The number of ether oxygens (including phenoxy) is 1. The van der Waals surface area contributed by atoms with Gasteiger partial charge in [0.2, 0.25) is 5.78 Å². The second-order valence-corrected chi connectivity index (χ2v) is 4.98. The number of amides is 1. The minimum Gasteiger partial charge on any atom is -0.503 e. The number of benzene rings is 1. The highest BCUT2D eigenvalue weighted by Crippen LogP contribution is 2.32. The van der Waals surface area contributed by atoms with Gasteiger partial charge in [-0.3, -0.25) is 9.59 Å². The fourth-order valence-electron chi connectivity index (χ4n) is 2.48. The maximum Gasteiger partial charge on any atom is 0.287 e. The average molecular weight is 313 g/mol. The molecule has 1 aromatic carbocycles. The lowest BCUT2D eigenvalue weighted by molar-refractivity contribution is -0.119. The van der Waals surface area contributed by atoms with Crippen molar-refractivity contribution in [3.63, 3.8) is 0 Å². The van der Waals surface area contributed by atoms with Gasteiger partial charge in [0, 0.05) is 0 Å². The van der Waals surface area contributed by atoms with Crippen molar-refractivity contribution in [3.05, 3.63) is 65.3 Å². The van der Waals surface area contributed by atoms with Gasteiger partial charge in [0.25, 0.3) is 5.91 Å². The Morgan fingerprint density at radius 1 is 1.30 bits per heavy atom. The molecule has 3 rings (SSSR count). The van der Waals surface area contributed by atoms with Crippen molar-refractivity contribution in [1.82, 2.24) is 5.32 Å². The Morgan fingerprint density at radius 2 is 2.04 bits per heavy atom. The minimum absolute atomic E-state index is 0.0193. The molecule has 1 amide bonds. The van der Waals surface area contributed by atoms with Gasteiger partial charge in [0.05, 0.1) is 24.5 Å². The highest BCUT2D eigenvalue weighted by atomic mass is 16.5. The van der Waals surface area contributed by atoms with Crippen LogP contribution in [0.2, 0.25) is 0 Å². The molecule has 0 saturated carbocycles. The molecule has 6 heteroatoms. The number of furan rings is 1. The quantitative estimate of drug-likeness (QED) is 0.828. The lowest BCUT2D eigenvalue weighted by Gasteiger charge is -2.14. The fourth-order valence-corrected chi connectivity index (χ4v) is 2.48. The van der Waals surface area contributed by atoms with Crippen LogP contribution in [0, 0.1) is 0 Å². The van der Waals surface area contributed by atoms with E-state index in [-0.39, 0.29) is 11.3 Å². The lowest BCUT2D eigenvalue weighted by atomic mass is 9.96. The van der Waals surface area contributed by atoms with E-state index in [4.69, 9.17) is 9.15 Å². The van der Waals surface area contributed by atoms with E-state index in [1.54, 1.807) is 30.3 Å². The van der Waals surface area contributed by atoms with Gasteiger partial charge in [-0.15, -0.1) is 0 Å². The molecule has 0 fully saturated rings. The lowest BCUT2D eigenvalue weighted by Crippen LogP contribution is -2.23. The molecule has 6 nitrogen and oxygen atoms in total. The summed E-state index contributed by atoms with van der Waals surface area (Å²) in [5.41, 5.74) is 0.648. The van der Waals surface area contributed by atoms with Crippen molar-refractivity contribution in [2.45, 2.75) is 13.0 Å². The summed E-state index contributed by atoms with van der Waals surface area (Å²) in [7, 11) is 0. The monoisotopic (exact) mass is 313 g/mol. The molecule has 0 spiro atoms. The van der Waals surface area contributed by atoms with E-state index in [9.17, 15) is 14.7 Å². The molecular formula is C17H15NO5. The molecule has 0 bridgehead atoms. The molecule has 2 N–H and O–H groups in total. The Morgan fingerprint density at radius 3 is 2.65 bits per heavy atom. The number of carbonyl (C=O) groups is 2. The second-order valence-electron chi connectivity index (χ2n) is 4.98. The summed E-state index contributed by atoms with van der Waals surface area (Å²) in [6.45, 7) is 2.43. The smallest absolute Gasteiger partial charge is 0.287 e. The van der Waals surface area contributed by atoms with Crippen LogP contribution in [0.1, 0.15) is 29.1 Å². The van der Waals surface area contributed by atoms with Crippen LogP contribution in [0.25, 0.3) is 0 Å². The zero-order valence-electron chi connectivity index (χ0n) is 12.4. The van der Waals surface area contributed by atoms with E-state index in [1.165, 1.54) is 12.3 Å². The predicted octanol–water partition coefficient (Wildman–Crippen LogP) is 2.54. The average Bonchev–Trinajstić information content (AvgIpc) is 3.18. The topological polar surface area (TPSA) is 88.8 Å². The number of carbonyl (C=O) groups excluding carboxylic acids is 2. The van der Waals surface area contributed by atoms with E-state index in [0.29, 0.717) is 17.9 Å². The summed E-state index contributed by atoms with van der Waals surface area (Å²) in [5.74, 6) is -1.03. The third-order valence-corrected chi connectivity index (χ3v) is 3.55. The Hall–Kier alpha value is -3.02. The molecule has 118 valence electrons. The molecule has 1 aliphatic heterocycles. The van der Waals surface area contributed by atoms with E-state index < -0.39 is 23.5 Å². The Labute approximate surface area is 132 Å². The van der Waals surface area contributed by atoms with Gasteiger partial charge in [-0.25, -0.2) is 0 Å². The highest BCUT2D eigenvalue weighted by molar-refractivity contribution is 6.14. The van der Waals surface area contributed by atoms with Crippen LogP contribution in [0.4, 0.5) is 0 Å². The Bertz CT molecular complexity index is 759. The number of Topliss-reactive ketones (excluding diaryl/α,β-unsaturated/α-hetero) is 1. The normalized spacial score (nSPS) is 17.3. The maximum atomic E-state index is 12.5. The SMILES string of the molecule is CCOc1ccc([C@@H]2NC(=O)C(O)=C2C(=O)c2ccco2)cc1. The van der Waals surface area contributed by atoms with Gasteiger partial charge in [-0.2, -0.15) is 0 Å². The molecule has 1 atom stereocenters. The molecule has 0 unspecified atom stereocenters. The number of aliphatic hydroxyl groups is 1. The summed E-state index contributed by atoms with van der Waals surface area (Å²) < 4.78 is 10.4. The van der Waals surface area contributed by atoms with Gasteiger partial charge < -0.3 is 19.6 Å². The molecule has 2 heterocycles. The van der Waals surface area contributed by atoms with Crippen molar-refractivity contribution in [2.75, 3.05) is 6.61 Å². The van der Waals surface area contributed by atoms with Gasteiger partial charge in [0.15, 0.2) is 11.5 Å². The van der Waals surface area contributed by atoms with Gasteiger partial charge in [0.1, 0.15) is 5.75 Å². The van der Waals surface area contributed by atoms with Crippen molar-refractivity contribution < 1.29 is 23.8 Å². The molecule has 2 aromatic rings. The van der Waals surface area contributed by atoms with Crippen LogP contribution in [0.3, 0.4) is 0 Å². The van der Waals surface area contributed by atoms with Crippen molar-refractivity contribution in [1.29, 1.82) is 0 Å². The molecule has 0 saturated heterocycles. The molecule has 1 aromatic heterocycles. The van der Waals surface area contributed by atoms with Crippen LogP contribution >= 0.6 is 0 Å². The third kappa shape index (κ3) is 2.70. The molecule has 0 aliphatic carbocycles. The number of ketones is 1. The zero-order valence-corrected chi connectivity index (χ0v) is 12.4. The molecule has 23 heavy (non-hydrogen) atoms. The number of hydrogen-bond acceptors (Lipinski definition) is 5. The van der Waals surface area contributed by atoms with E-state index >= 15 is 0 Å². The summed E-state index contributed by atoms with van der Waals surface area (Å²) in [5, 5.41) is 12.6. The first-order chi connectivity index (χ1) is 11.1. The third-order valence-electron chi connectivity index (χ3n) is 3.55. The predicted molar refractivity (Wildman–Crippen MR) is 81.2 cm³/mol. The fraction of sp³-hybridized carbons (Fsp3) is 0.176. The minimum atomic E-state index is -0.726. The summed E-state index contributed by atoms with van der Waals surface area (Å²) in [6.07, 6.45) is 1.36. The van der Waals surface area contributed by atoms with E-state index in [1.807, 2.05) is 6.92 Å². The number of rotatable bonds is 5. The first-order valence-electron chi connectivity index (χ1n) is 7.16. The number of hydrogen-bond donors (Lipinski definition) is 2. The Balaban J connectivity index is 1.95. The highest BCUT2D eigenvalue weighted by Gasteiger charge is 2.38. The van der Waals surface area contributed by atoms with Gasteiger partial charge in [-0.1, -0.05) is 12.1 Å². The number of aliphatic hydroxyl groups excluding tert-OH is 1. The van der Waals surface area contributed by atoms with E-state index in [2.05, 4.69) is 5.32 Å². The summed E-state index contributed by atoms with van der Waals surface area (Å²) >= 11 is 0. The van der Waals surface area contributed by atoms with Gasteiger partial charge in [-0.05, 0) is 36.8 Å². The van der Waals surface area contributed by atoms with Crippen LogP contribution < -0.4 is 10.1 Å². The maximum absolute atomic E-state index is 12.5. The molecular weight excluding hydrogens is 298 g/mol. The van der Waals surface area contributed by atoms with Crippen molar-refractivity contribution >= 4 is 11.7 Å². The van der Waals surface area contributed by atoms with Crippen LogP contribution in [0.5, 0.6) is 5.75 Å². The summed E-state index contributed by atoms with van der Waals surface area (Å²) in [4.78, 5) is 24.3. The largest absolute Gasteiger partial charge is 0.503 e.